The lowest BCUT2D eigenvalue weighted by Gasteiger charge is -2.11. The number of anilines is 1. The van der Waals surface area contributed by atoms with Gasteiger partial charge < -0.3 is 10.1 Å². The molecule has 1 aromatic heterocycles. The van der Waals surface area contributed by atoms with Crippen LogP contribution in [-0.2, 0) is 17.8 Å². The van der Waals surface area contributed by atoms with Crippen LogP contribution in [0.1, 0.15) is 25.4 Å². The van der Waals surface area contributed by atoms with Gasteiger partial charge in [0.1, 0.15) is 18.1 Å². The molecule has 122 valence electrons. The molecule has 0 bridgehead atoms. The number of nitrogens with one attached hydrogen (secondary N) is 1. The fourth-order valence-corrected chi connectivity index (χ4v) is 2.20. The summed E-state index contributed by atoms with van der Waals surface area (Å²) in [6, 6.07) is 8.56. The van der Waals surface area contributed by atoms with Gasteiger partial charge in [-0.2, -0.15) is 0 Å². The van der Waals surface area contributed by atoms with Crippen LogP contribution in [-0.4, -0.2) is 22.1 Å². The Hall–Kier alpha value is -2.63. The number of carbonyl (C=O) groups is 1. The predicted molar refractivity (Wildman–Crippen MR) is 88.9 cm³/mol. The fraction of sp³-hybridized carbons (Fsp3) is 0.353. The molecule has 1 amide bonds. The number of carbonyl (C=O) groups excluding carboxylic acids is 1. The number of nitrogens with zero attached hydrogens (tertiary/aromatic N) is 2. The van der Waals surface area contributed by atoms with Crippen LogP contribution in [0.25, 0.3) is 0 Å². The molecular formula is C17H21N3O3. The summed E-state index contributed by atoms with van der Waals surface area (Å²) in [4.78, 5) is 28.5. The summed E-state index contributed by atoms with van der Waals surface area (Å²) in [6.07, 6.45) is 0.690. The van der Waals surface area contributed by atoms with Crippen molar-refractivity contribution in [3.63, 3.8) is 0 Å². The number of rotatable bonds is 6. The number of ether oxygens (including phenoxy) is 1. The van der Waals surface area contributed by atoms with Gasteiger partial charge >= 0.3 is 0 Å². The molecule has 0 saturated carbocycles. The SMILES string of the molecule is CCOc1ccc(NC(=O)Cn2c(C)nc(CC)cc2=O)cc1. The second kappa shape index (κ2) is 7.58. The number of amides is 1. The Kier molecular flexibility index (Phi) is 5.51. The average molecular weight is 315 g/mol. The highest BCUT2D eigenvalue weighted by molar-refractivity contribution is 5.90. The van der Waals surface area contributed by atoms with E-state index < -0.39 is 0 Å². The van der Waals surface area contributed by atoms with Gasteiger partial charge in [0, 0.05) is 17.4 Å². The molecule has 0 atom stereocenters. The maximum Gasteiger partial charge on any atom is 0.254 e. The van der Waals surface area contributed by atoms with Gasteiger partial charge in [0.2, 0.25) is 5.91 Å². The first-order valence-electron chi connectivity index (χ1n) is 7.63. The van der Waals surface area contributed by atoms with E-state index in [1.165, 1.54) is 10.6 Å². The van der Waals surface area contributed by atoms with Gasteiger partial charge in [-0.05, 0) is 44.5 Å². The minimum absolute atomic E-state index is 0.0606. The zero-order chi connectivity index (χ0) is 16.8. The van der Waals surface area contributed by atoms with Crippen LogP contribution >= 0.6 is 0 Å². The van der Waals surface area contributed by atoms with Crippen molar-refractivity contribution in [2.75, 3.05) is 11.9 Å². The van der Waals surface area contributed by atoms with E-state index in [1.807, 2.05) is 13.8 Å². The molecule has 0 aliphatic carbocycles. The van der Waals surface area contributed by atoms with Crippen LogP contribution in [0, 0.1) is 6.92 Å². The molecule has 0 fully saturated rings. The van der Waals surface area contributed by atoms with E-state index in [-0.39, 0.29) is 18.0 Å². The summed E-state index contributed by atoms with van der Waals surface area (Å²) >= 11 is 0. The Bertz CT molecular complexity index is 736. The van der Waals surface area contributed by atoms with Crippen LogP contribution in [0.15, 0.2) is 35.1 Å². The molecule has 0 spiro atoms. The summed E-state index contributed by atoms with van der Waals surface area (Å²) in [5.74, 6) is 1.01. The van der Waals surface area contributed by atoms with Gasteiger partial charge in [0.15, 0.2) is 0 Å². The Morgan fingerprint density at radius 2 is 1.96 bits per heavy atom. The first-order valence-corrected chi connectivity index (χ1v) is 7.63. The van der Waals surface area contributed by atoms with Gasteiger partial charge in [0.25, 0.3) is 5.56 Å². The van der Waals surface area contributed by atoms with E-state index in [1.54, 1.807) is 31.2 Å². The first-order chi connectivity index (χ1) is 11.0. The van der Waals surface area contributed by atoms with Crippen molar-refractivity contribution in [1.82, 2.24) is 9.55 Å². The van der Waals surface area contributed by atoms with Gasteiger partial charge in [0.05, 0.1) is 6.61 Å². The lowest BCUT2D eigenvalue weighted by atomic mass is 10.3. The number of aromatic nitrogens is 2. The van der Waals surface area contributed by atoms with Crippen molar-refractivity contribution in [3.05, 3.63) is 52.2 Å². The number of benzene rings is 1. The second-order valence-electron chi connectivity index (χ2n) is 5.08. The fourth-order valence-electron chi connectivity index (χ4n) is 2.20. The molecule has 6 nitrogen and oxygen atoms in total. The minimum Gasteiger partial charge on any atom is -0.494 e. The number of hydrogen-bond donors (Lipinski definition) is 1. The minimum atomic E-state index is -0.273. The van der Waals surface area contributed by atoms with Crippen molar-refractivity contribution < 1.29 is 9.53 Å². The molecule has 23 heavy (non-hydrogen) atoms. The predicted octanol–water partition coefficient (Wildman–Crippen LogP) is 2.15. The molecule has 0 aliphatic rings. The van der Waals surface area contributed by atoms with Crippen LogP contribution in [0.3, 0.4) is 0 Å². The van der Waals surface area contributed by atoms with Gasteiger partial charge in [-0.15, -0.1) is 0 Å². The van der Waals surface area contributed by atoms with E-state index in [4.69, 9.17) is 4.74 Å². The summed E-state index contributed by atoms with van der Waals surface area (Å²) in [6.45, 7) is 6.10. The molecule has 0 unspecified atom stereocenters. The van der Waals surface area contributed by atoms with E-state index in [9.17, 15) is 9.59 Å². The van der Waals surface area contributed by atoms with Crippen molar-refractivity contribution in [1.29, 1.82) is 0 Å². The molecule has 2 aromatic rings. The molecule has 1 heterocycles. The lowest BCUT2D eigenvalue weighted by molar-refractivity contribution is -0.116. The highest BCUT2D eigenvalue weighted by Gasteiger charge is 2.09. The molecule has 6 heteroatoms. The summed E-state index contributed by atoms with van der Waals surface area (Å²) in [5.41, 5.74) is 1.18. The molecule has 1 N–H and O–H groups in total. The molecule has 0 radical (unpaired) electrons. The van der Waals surface area contributed by atoms with Crippen LogP contribution < -0.4 is 15.6 Å². The quantitative estimate of drug-likeness (QED) is 0.886. The van der Waals surface area contributed by atoms with Crippen LogP contribution in [0.4, 0.5) is 5.69 Å². The van der Waals surface area contributed by atoms with E-state index in [0.717, 1.165) is 11.4 Å². The highest BCUT2D eigenvalue weighted by Crippen LogP contribution is 2.15. The zero-order valence-corrected chi connectivity index (χ0v) is 13.6. The maximum atomic E-state index is 12.1. The number of hydrogen-bond acceptors (Lipinski definition) is 4. The maximum absolute atomic E-state index is 12.1. The Morgan fingerprint density at radius 1 is 1.26 bits per heavy atom. The molecule has 1 aromatic carbocycles. The summed E-state index contributed by atoms with van der Waals surface area (Å²) < 4.78 is 6.71. The van der Waals surface area contributed by atoms with Gasteiger partial charge in [-0.1, -0.05) is 6.92 Å². The monoisotopic (exact) mass is 315 g/mol. The standard InChI is InChI=1S/C17H21N3O3/c1-4-13-10-17(22)20(12(3)18-13)11-16(21)19-14-6-8-15(9-7-14)23-5-2/h6-10H,4-5,11H2,1-3H3,(H,19,21). The third-order valence-electron chi connectivity index (χ3n) is 3.37. The van der Waals surface area contributed by atoms with Crippen LogP contribution in [0.5, 0.6) is 5.75 Å². The molecule has 0 aliphatic heterocycles. The third kappa shape index (κ3) is 4.42. The molecule has 2 rings (SSSR count). The smallest absolute Gasteiger partial charge is 0.254 e. The lowest BCUT2D eigenvalue weighted by Crippen LogP contribution is -2.30. The Balaban J connectivity index is 2.06. The third-order valence-corrected chi connectivity index (χ3v) is 3.37. The van der Waals surface area contributed by atoms with Crippen molar-refractivity contribution in [2.24, 2.45) is 0 Å². The van der Waals surface area contributed by atoms with Gasteiger partial charge in [-0.3, -0.25) is 14.2 Å². The highest BCUT2D eigenvalue weighted by atomic mass is 16.5. The molecular weight excluding hydrogens is 294 g/mol. The average Bonchev–Trinajstić information content (AvgIpc) is 2.53. The van der Waals surface area contributed by atoms with E-state index in [0.29, 0.717) is 24.5 Å². The van der Waals surface area contributed by atoms with E-state index >= 15 is 0 Å². The summed E-state index contributed by atoms with van der Waals surface area (Å²) in [7, 11) is 0. The van der Waals surface area contributed by atoms with Crippen molar-refractivity contribution in [3.8, 4) is 5.75 Å². The topological polar surface area (TPSA) is 73.2 Å². The number of aryl methyl sites for hydroxylation is 2. The zero-order valence-electron chi connectivity index (χ0n) is 13.6. The molecule has 0 saturated heterocycles. The van der Waals surface area contributed by atoms with Crippen LogP contribution in [0.2, 0.25) is 0 Å². The van der Waals surface area contributed by atoms with Gasteiger partial charge in [-0.25, -0.2) is 4.98 Å². The Labute approximate surface area is 135 Å². The Morgan fingerprint density at radius 3 is 2.52 bits per heavy atom. The summed E-state index contributed by atoms with van der Waals surface area (Å²) in [5, 5.41) is 2.76. The second-order valence-corrected chi connectivity index (χ2v) is 5.08. The van der Waals surface area contributed by atoms with Crippen molar-refractivity contribution >= 4 is 11.6 Å². The largest absolute Gasteiger partial charge is 0.494 e. The van der Waals surface area contributed by atoms with Crippen molar-refractivity contribution in [2.45, 2.75) is 33.7 Å². The van der Waals surface area contributed by atoms with E-state index in [2.05, 4.69) is 10.3 Å². The normalized spacial score (nSPS) is 10.4. The first kappa shape index (κ1) is 16.7.